The second-order valence-electron chi connectivity index (χ2n) is 2.66. The zero-order chi connectivity index (χ0) is 10.6. The summed E-state index contributed by atoms with van der Waals surface area (Å²) >= 11 is 2.13. The molecule has 0 aliphatic rings. The first-order valence-corrected chi connectivity index (χ1v) is 4.94. The maximum atomic E-state index is 10.2. The molecule has 4 nitrogen and oxygen atoms in total. The van der Waals surface area contributed by atoms with Crippen molar-refractivity contribution in [1.29, 1.82) is 0 Å². The van der Waals surface area contributed by atoms with Gasteiger partial charge in [-0.25, -0.2) is 4.79 Å². The van der Waals surface area contributed by atoms with E-state index in [2.05, 4.69) is 22.6 Å². The molecular weight excluding hydrogens is 297 g/mol. The molecule has 0 spiro atoms. The van der Waals surface area contributed by atoms with Crippen LogP contribution in [0, 0.1) is 3.57 Å². The van der Waals surface area contributed by atoms with Gasteiger partial charge in [-0.1, -0.05) is 18.2 Å². The van der Waals surface area contributed by atoms with Gasteiger partial charge < -0.3 is 5.11 Å². The van der Waals surface area contributed by atoms with Crippen molar-refractivity contribution in [2.75, 3.05) is 0 Å². The van der Waals surface area contributed by atoms with Gasteiger partial charge in [-0.05, 0) is 33.4 Å². The van der Waals surface area contributed by atoms with Gasteiger partial charge in [0.2, 0.25) is 6.54 Å². The Morgan fingerprint density at radius 3 is 2.71 bits per heavy atom. The Morgan fingerprint density at radius 2 is 2.14 bits per heavy atom. The molecule has 0 unspecified atom stereocenters. The van der Waals surface area contributed by atoms with Crippen LogP contribution in [-0.2, 0) is 11.3 Å². The van der Waals surface area contributed by atoms with Gasteiger partial charge in [0.25, 0.3) is 6.21 Å². The summed E-state index contributed by atoms with van der Waals surface area (Å²) in [6.07, 6.45) is 0.725. The largest absolute Gasteiger partial charge is 0.474 e. The summed E-state index contributed by atoms with van der Waals surface area (Å²) in [5.41, 5.74) is 0.883. The van der Waals surface area contributed by atoms with Crippen molar-refractivity contribution in [1.82, 2.24) is 0 Å². The number of carbonyl (C=O) groups is 1. The quantitative estimate of drug-likeness (QED) is 0.291. The lowest BCUT2D eigenvalue weighted by atomic mass is 10.2. The Labute approximate surface area is 94.6 Å². The molecule has 0 saturated heterocycles. The summed E-state index contributed by atoms with van der Waals surface area (Å²) in [6.45, 7) is 0.172. The lowest BCUT2D eigenvalue weighted by molar-refractivity contribution is -0.783. The number of rotatable bonds is 3. The fourth-order valence-electron chi connectivity index (χ4n) is 0.974. The number of benzene rings is 1. The lowest BCUT2D eigenvalue weighted by Crippen LogP contribution is -2.14. The highest BCUT2D eigenvalue weighted by molar-refractivity contribution is 14.1. The molecular formula is C9H9INO3+. The van der Waals surface area contributed by atoms with E-state index in [0.717, 1.165) is 15.3 Å². The number of halogens is 1. The average Bonchev–Trinajstić information content (AvgIpc) is 2.07. The molecule has 5 heteroatoms. The third-order valence-electron chi connectivity index (χ3n) is 1.55. The van der Waals surface area contributed by atoms with E-state index in [1.165, 1.54) is 0 Å². The van der Waals surface area contributed by atoms with Crippen LogP contribution >= 0.6 is 22.6 Å². The molecule has 0 aliphatic heterocycles. The zero-order valence-electron chi connectivity index (χ0n) is 7.22. The molecule has 0 heterocycles. The van der Waals surface area contributed by atoms with Crippen molar-refractivity contribution in [3.63, 3.8) is 0 Å². The molecule has 0 bridgehead atoms. The maximum absolute atomic E-state index is 10.2. The Kier molecular flexibility index (Phi) is 3.87. The number of nitrogens with zero attached hydrogens (tertiary/aromatic N) is 1. The summed E-state index contributed by atoms with van der Waals surface area (Å²) in [5, 5.41) is 17.6. The second-order valence-corrected chi connectivity index (χ2v) is 3.82. The molecule has 0 saturated carbocycles. The third kappa shape index (κ3) is 3.33. The van der Waals surface area contributed by atoms with E-state index in [9.17, 15) is 10.0 Å². The smallest absolute Gasteiger partial charge is 0.397 e. The Hall–Kier alpha value is -1.11. The minimum absolute atomic E-state index is 0.172. The van der Waals surface area contributed by atoms with Crippen molar-refractivity contribution in [2.45, 2.75) is 6.54 Å². The summed E-state index contributed by atoms with van der Waals surface area (Å²) in [4.78, 5) is 10.2. The van der Waals surface area contributed by atoms with E-state index in [-0.39, 0.29) is 6.54 Å². The fourth-order valence-corrected chi connectivity index (χ4v) is 1.53. The molecule has 0 radical (unpaired) electrons. The van der Waals surface area contributed by atoms with Gasteiger partial charge in [-0.15, -0.1) is 0 Å². The van der Waals surface area contributed by atoms with Gasteiger partial charge in [-0.3, -0.25) is 5.21 Å². The van der Waals surface area contributed by atoms with E-state index in [0.29, 0.717) is 4.74 Å². The van der Waals surface area contributed by atoms with Crippen molar-refractivity contribution < 1.29 is 19.8 Å². The van der Waals surface area contributed by atoms with E-state index in [4.69, 9.17) is 5.11 Å². The molecule has 0 fully saturated rings. The van der Waals surface area contributed by atoms with Crippen LogP contribution in [0.4, 0.5) is 0 Å². The minimum Gasteiger partial charge on any atom is -0.474 e. The van der Waals surface area contributed by atoms with Crippen LogP contribution in [0.1, 0.15) is 5.56 Å². The van der Waals surface area contributed by atoms with Crippen LogP contribution in [0.3, 0.4) is 0 Å². The molecule has 14 heavy (non-hydrogen) atoms. The van der Waals surface area contributed by atoms with Crippen molar-refractivity contribution in [3.8, 4) is 0 Å². The van der Waals surface area contributed by atoms with Crippen LogP contribution in [0.2, 0.25) is 0 Å². The summed E-state index contributed by atoms with van der Waals surface area (Å²) < 4.78 is 1.64. The lowest BCUT2D eigenvalue weighted by Gasteiger charge is -1.97. The van der Waals surface area contributed by atoms with Crippen LogP contribution in [0.15, 0.2) is 24.3 Å². The Bertz CT molecular complexity index is 376. The fraction of sp³-hybridized carbons (Fsp3) is 0.111. The van der Waals surface area contributed by atoms with E-state index in [1.807, 2.05) is 24.3 Å². The normalized spacial score (nSPS) is 11.4. The molecule has 0 aliphatic carbocycles. The third-order valence-corrected chi connectivity index (χ3v) is 2.60. The SMILES string of the molecule is O=C(O)C=[N+](O)Cc1ccccc1I. The first-order valence-electron chi connectivity index (χ1n) is 3.86. The molecule has 0 atom stereocenters. The van der Waals surface area contributed by atoms with E-state index in [1.54, 1.807) is 0 Å². The van der Waals surface area contributed by atoms with E-state index < -0.39 is 5.97 Å². The number of carboxylic acid groups (broad SMARTS) is 1. The monoisotopic (exact) mass is 306 g/mol. The molecule has 74 valence electrons. The number of hydrogen-bond acceptors (Lipinski definition) is 2. The van der Waals surface area contributed by atoms with Crippen LogP contribution in [-0.4, -0.2) is 27.2 Å². The standard InChI is InChI=1S/C9H8INO3/c10-8-4-2-1-3-7(8)5-11(14)6-9(12)13/h1-4,6H,5H2,(H-,12,13,14)/p+1. The van der Waals surface area contributed by atoms with Crippen LogP contribution in [0.5, 0.6) is 0 Å². The Balaban J connectivity index is 2.79. The highest BCUT2D eigenvalue weighted by atomic mass is 127. The van der Waals surface area contributed by atoms with Gasteiger partial charge >= 0.3 is 5.97 Å². The van der Waals surface area contributed by atoms with Gasteiger partial charge in [0.05, 0.1) is 0 Å². The first-order chi connectivity index (χ1) is 6.59. The zero-order valence-corrected chi connectivity index (χ0v) is 9.38. The predicted octanol–water partition coefficient (Wildman–Crippen LogP) is 1.35. The average molecular weight is 306 g/mol. The number of hydrogen-bond donors (Lipinski definition) is 2. The summed E-state index contributed by atoms with van der Waals surface area (Å²) in [7, 11) is 0. The molecule has 1 rings (SSSR count). The predicted molar refractivity (Wildman–Crippen MR) is 58.6 cm³/mol. The van der Waals surface area contributed by atoms with Gasteiger partial charge in [0, 0.05) is 9.13 Å². The summed E-state index contributed by atoms with van der Waals surface area (Å²) in [5.74, 6) is -1.17. The highest BCUT2D eigenvalue weighted by Gasteiger charge is 2.09. The Morgan fingerprint density at radius 1 is 1.50 bits per heavy atom. The minimum atomic E-state index is -1.17. The van der Waals surface area contributed by atoms with Gasteiger partial charge in [0.15, 0.2) is 0 Å². The molecule has 0 amide bonds. The van der Waals surface area contributed by atoms with Crippen molar-refractivity contribution in [2.24, 2.45) is 0 Å². The highest BCUT2D eigenvalue weighted by Crippen LogP contribution is 2.11. The van der Waals surface area contributed by atoms with E-state index >= 15 is 0 Å². The summed E-state index contributed by atoms with van der Waals surface area (Å²) in [6, 6.07) is 7.45. The number of aliphatic carboxylic acids is 1. The molecule has 2 N–H and O–H groups in total. The van der Waals surface area contributed by atoms with Crippen LogP contribution < -0.4 is 0 Å². The second kappa shape index (κ2) is 4.94. The topological polar surface area (TPSA) is 60.5 Å². The van der Waals surface area contributed by atoms with Crippen LogP contribution in [0.25, 0.3) is 0 Å². The van der Waals surface area contributed by atoms with Crippen molar-refractivity contribution >= 4 is 34.8 Å². The molecule has 0 aromatic heterocycles. The number of hydroxylamine groups is 1. The van der Waals surface area contributed by atoms with Gasteiger partial charge in [-0.2, -0.15) is 0 Å². The van der Waals surface area contributed by atoms with Gasteiger partial charge in [0.1, 0.15) is 0 Å². The molecule has 1 aromatic carbocycles. The number of carboxylic acids is 1. The molecule has 1 aromatic rings. The first kappa shape index (κ1) is 11.0. The van der Waals surface area contributed by atoms with Crippen molar-refractivity contribution in [3.05, 3.63) is 33.4 Å². The maximum Gasteiger partial charge on any atom is 0.397 e.